The highest BCUT2D eigenvalue weighted by Gasteiger charge is 2.19. The first-order valence-corrected chi connectivity index (χ1v) is 10.6. The van der Waals surface area contributed by atoms with Gasteiger partial charge in [0, 0.05) is 12.1 Å². The van der Waals surface area contributed by atoms with Gasteiger partial charge < -0.3 is 14.8 Å². The summed E-state index contributed by atoms with van der Waals surface area (Å²) in [6.45, 7) is 1.55. The Hall–Kier alpha value is -3.01. The fourth-order valence-corrected chi connectivity index (χ4v) is 3.78. The average Bonchev–Trinajstić information content (AvgIpc) is 3.25. The highest BCUT2D eigenvalue weighted by molar-refractivity contribution is 7.89. The van der Waals surface area contributed by atoms with Crippen LogP contribution in [-0.4, -0.2) is 26.0 Å². The zero-order valence-corrected chi connectivity index (χ0v) is 16.9. The molecule has 1 unspecified atom stereocenters. The van der Waals surface area contributed by atoms with Gasteiger partial charge >= 0.3 is 0 Å². The first-order valence-electron chi connectivity index (χ1n) is 9.11. The van der Waals surface area contributed by atoms with Gasteiger partial charge in [-0.15, -0.1) is 0 Å². The van der Waals surface area contributed by atoms with Gasteiger partial charge in [0.25, 0.3) is 5.91 Å². The predicted octanol–water partition coefficient (Wildman–Crippen LogP) is 2.67. The fourth-order valence-electron chi connectivity index (χ4n) is 2.76. The number of aliphatic hydroxyl groups excluding tert-OH is 1. The Bertz CT molecular complexity index is 1110. The Morgan fingerprint density at radius 1 is 1.17 bits per heavy atom. The summed E-state index contributed by atoms with van der Waals surface area (Å²) in [6, 6.07) is 12.8. The van der Waals surface area contributed by atoms with Gasteiger partial charge in [0.2, 0.25) is 10.0 Å². The molecule has 0 bridgehead atoms. The molecular weight excluding hydrogens is 411 g/mol. The van der Waals surface area contributed by atoms with Crippen LogP contribution in [0.2, 0.25) is 0 Å². The zero-order valence-electron chi connectivity index (χ0n) is 16.1. The Morgan fingerprint density at radius 2 is 1.90 bits per heavy atom. The lowest BCUT2D eigenvalue weighted by Gasteiger charge is -2.14. The quantitative estimate of drug-likeness (QED) is 0.507. The van der Waals surface area contributed by atoms with E-state index in [2.05, 4.69) is 10.0 Å². The molecule has 1 heterocycles. The molecule has 1 amide bonds. The van der Waals surface area contributed by atoms with Gasteiger partial charge in [0.15, 0.2) is 0 Å². The maximum absolute atomic E-state index is 13.0. The van der Waals surface area contributed by atoms with E-state index in [9.17, 15) is 22.7 Å². The smallest absolute Gasteiger partial charge is 0.251 e. The topological polar surface area (TPSA) is 109 Å². The normalized spacial score (nSPS) is 12.5. The summed E-state index contributed by atoms with van der Waals surface area (Å²) in [6.07, 6.45) is 0.412. The van der Waals surface area contributed by atoms with Crippen molar-refractivity contribution in [3.05, 3.63) is 89.1 Å². The van der Waals surface area contributed by atoms with Crippen LogP contribution in [0.5, 0.6) is 0 Å². The van der Waals surface area contributed by atoms with Crippen LogP contribution in [0.3, 0.4) is 0 Å². The number of aliphatic hydroxyl groups is 1. The first kappa shape index (κ1) is 21.7. The molecule has 0 aliphatic rings. The minimum atomic E-state index is -3.86. The van der Waals surface area contributed by atoms with Crippen molar-refractivity contribution in [2.24, 2.45) is 0 Å². The summed E-state index contributed by atoms with van der Waals surface area (Å²) in [4.78, 5) is 12.5. The molecule has 9 heteroatoms. The van der Waals surface area contributed by atoms with Crippen molar-refractivity contribution in [3.8, 4) is 0 Å². The van der Waals surface area contributed by atoms with E-state index in [1.165, 1.54) is 48.7 Å². The minimum Gasteiger partial charge on any atom is -0.468 e. The van der Waals surface area contributed by atoms with Crippen molar-refractivity contribution < 1.29 is 27.1 Å². The summed E-state index contributed by atoms with van der Waals surface area (Å²) in [5.74, 6) is -0.500. The Labute approximate surface area is 173 Å². The van der Waals surface area contributed by atoms with Crippen LogP contribution in [0, 0.1) is 12.7 Å². The monoisotopic (exact) mass is 432 g/mol. The number of aryl methyl sites for hydroxylation is 1. The molecule has 0 radical (unpaired) electrons. The van der Waals surface area contributed by atoms with Crippen molar-refractivity contribution in [2.75, 3.05) is 6.54 Å². The lowest BCUT2D eigenvalue weighted by atomic mass is 10.1. The van der Waals surface area contributed by atoms with Crippen LogP contribution in [0.4, 0.5) is 4.39 Å². The number of sulfonamides is 1. The maximum Gasteiger partial charge on any atom is 0.251 e. The van der Waals surface area contributed by atoms with Crippen molar-refractivity contribution in [1.82, 2.24) is 10.0 Å². The third-order valence-corrected chi connectivity index (χ3v) is 5.89. The molecule has 0 saturated carbocycles. The first-order chi connectivity index (χ1) is 14.3. The zero-order chi connectivity index (χ0) is 21.7. The molecule has 0 aliphatic carbocycles. The standard InChI is InChI=1S/C21H21FN2O5S/c1-14-4-9-18(30(27,28)24-12-17-3-2-10-29-17)11-19(14)21(26)23-13-20(25)15-5-7-16(22)8-6-15/h2-11,20,24-25H,12-13H2,1H3,(H,23,26). The van der Waals surface area contributed by atoms with Crippen molar-refractivity contribution in [1.29, 1.82) is 0 Å². The highest BCUT2D eigenvalue weighted by Crippen LogP contribution is 2.17. The van der Waals surface area contributed by atoms with E-state index in [0.29, 0.717) is 16.9 Å². The van der Waals surface area contributed by atoms with Crippen molar-refractivity contribution in [3.63, 3.8) is 0 Å². The molecule has 3 rings (SSSR count). The predicted molar refractivity (Wildman–Crippen MR) is 108 cm³/mol. The van der Waals surface area contributed by atoms with E-state index in [1.54, 1.807) is 19.1 Å². The fraction of sp³-hybridized carbons (Fsp3) is 0.190. The van der Waals surface area contributed by atoms with Crippen molar-refractivity contribution >= 4 is 15.9 Å². The number of carbonyl (C=O) groups excluding carboxylic acids is 1. The molecule has 0 saturated heterocycles. The summed E-state index contributed by atoms with van der Waals surface area (Å²) in [7, 11) is -3.86. The third kappa shape index (κ3) is 5.32. The number of furan rings is 1. The van der Waals surface area contributed by atoms with E-state index in [4.69, 9.17) is 4.42 Å². The molecule has 0 fully saturated rings. The number of hydrogen-bond acceptors (Lipinski definition) is 5. The van der Waals surface area contributed by atoms with Crippen LogP contribution >= 0.6 is 0 Å². The largest absolute Gasteiger partial charge is 0.468 e. The van der Waals surface area contributed by atoms with Crippen LogP contribution in [-0.2, 0) is 16.6 Å². The summed E-state index contributed by atoms with van der Waals surface area (Å²) in [5.41, 5.74) is 1.20. The SMILES string of the molecule is Cc1ccc(S(=O)(=O)NCc2ccco2)cc1C(=O)NCC(O)c1ccc(F)cc1. The molecule has 7 nitrogen and oxygen atoms in total. The second kappa shape index (κ2) is 9.21. The summed E-state index contributed by atoms with van der Waals surface area (Å²) >= 11 is 0. The summed E-state index contributed by atoms with van der Waals surface area (Å²) < 4.78 is 45.6. The van der Waals surface area contributed by atoms with E-state index in [0.717, 1.165) is 0 Å². The van der Waals surface area contributed by atoms with E-state index in [1.807, 2.05) is 0 Å². The lowest BCUT2D eigenvalue weighted by molar-refractivity contribution is 0.0915. The summed E-state index contributed by atoms with van der Waals surface area (Å²) in [5, 5.41) is 12.7. The molecular formula is C21H21FN2O5S. The average molecular weight is 432 g/mol. The van der Waals surface area contributed by atoms with E-state index in [-0.39, 0.29) is 23.5 Å². The van der Waals surface area contributed by atoms with Gasteiger partial charge in [-0.25, -0.2) is 17.5 Å². The third-order valence-electron chi connectivity index (χ3n) is 4.49. The molecule has 3 aromatic rings. The molecule has 1 atom stereocenters. The van der Waals surface area contributed by atoms with Gasteiger partial charge in [-0.05, 0) is 54.4 Å². The van der Waals surface area contributed by atoms with E-state index >= 15 is 0 Å². The molecule has 1 aromatic heterocycles. The number of nitrogens with one attached hydrogen (secondary N) is 2. The number of benzene rings is 2. The molecule has 0 aliphatic heterocycles. The number of carbonyl (C=O) groups is 1. The van der Waals surface area contributed by atoms with Crippen molar-refractivity contribution in [2.45, 2.75) is 24.5 Å². The van der Waals surface area contributed by atoms with Gasteiger partial charge in [0.05, 0.1) is 23.8 Å². The Morgan fingerprint density at radius 3 is 2.57 bits per heavy atom. The molecule has 0 spiro atoms. The molecule has 30 heavy (non-hydrogen) atoms. The minimum absolute atomic E-state index is 0.0192. The van der Waals surface area contributed by atoms with Crippen LogP contribution in [0.25, 0.3) is 0 Å². The van der Waals surface area contributed by atoms with Crippen LogP contribution < -0.4 is 10.0 Å². The highest BCUT2D eigenvalue weighted by atomic mass is 32.2. The maximum atomic E-state index is 13.0. The Balaban J connectivity index is 1.69. The number of rotatable bonds is 8. The van der Waals surface area contributed by atoms with Gasteiger partial charge in [-0.1, -0.05) is 18.2 Å². The van der Waals surface area contributed by atoms with E-state index < -0.39 is 27.9 Å². The number of amides is 1. The van der Waals surface area contributed by atoms with Gasteiger partial charge in [-0.3, -0.25) is 4.79 Å². The molecule has 2 aromatic carbocycles. The van der Waals surface area contributed by atoms with Gasteiger partial charge in [0.1, 0.15) is 11.6 Å². The molecule has 3 N–H and O–H groups in total. The second-order valence-electron chi connectivity index (χ2n) is 6.66. The second-order valence-corrected chi connectivity index (χ2v) is 8.42. The molecule has 158 valence electrons. The number of hydrogen-bond donors (Lipinski definition) is 3. The van der Waals surface area contributed by atoms with Crippen LogP contribution in [0.15, 0.2) is 70.2 Å². The Kier molecular flexibility index (Phi) is 6.66. The lowest BCUT2D eigenvalue weighted by Crippen LogP contribution is -2.29. The van der Waals surface area contributed by atoms with Gasteiger partial charge in [-0.2, -0.15) is 0 Å². The number of halogens is 1. The van der Waals surface area contributed by atoms with Crippen LogP contribution in [0.1, 0.15) is 33.3 Å².